The zero-order valence-corrected chi connectivity index (χ0v) is 13.5. The SMILES string of the molecule is CCC(C)NC(=NC)NCCS(=O)(=O)N(CC)CC. The molecule has 0 aromatic heterocycles. The van der Waals surface area contributed by atoms with Gasteiger partial charge in [0, 0.05) is 32.7 Å². The Labute approximate surface area is 117 Å². The van der Waals surface area contributed by atoms with Gasteiger partial charge < -0.3 is 10.6 Å². The van der Waals surface area contributed by atoms with Crippen LogP contribution in [0.4, 0.5) is 0 Å². The Morgan fingerprint density at radius 3 is 2.26 bits per heavy atom. The number of hydrogen-bond donors (Lipinski definition) is 2. The van der Waals surface area contributed by atoms with E-state index in [9.17, 15) is 8.42 Å². The number of nitrogens with zero attached hydrogens (tertiary/aromatic N) is 2. The fraction of sp³-hybridized carbons (Fsp3) is 0.917. The van der Waals surface area contributed by atoms with Crippen LogP contribution in [0.15, 0.2) is 4.99 Å². The molecule has 0 heterocycles. The molecule has 0 fully saturated rings. The topological polar surface area (TPSA) is 73.8 Å². The van der Waals surface area contributed by atoms with E-state index < -0.39 is 10.0 Å². The summed E-state index contributed by atoms with van der Waals surface area (Å²) in [6.07, 6.45) is 0.985. The normalized spacial score (nSPS) is 14.5. The summed E-state index contributed by atoms with van der Waals surface area (Å²) in [5.74, 6) is 0.722. The average molecular weight is 292 g/mol. The first-order valence-electron chi connectivity index (χ1n) is 6.86. The molecule has 0 saturated carbocycles. The third-order valence-corrected chi connectivity index (χ3v) is 4.99. The van der Waals surface area contributed by atoms with Crippen molar-refractivity contribution in [1.29, 1.82) is 0 Å². The van der Waals surface area contributed by atoms with Crippen LogP contribution < -0.4 is 10.6 Å². The number of guanidine groups is 1. The second-order valence-corrected chi connectivity index (χ2v) is 6.44. The van der Waals surface area contributed by atoms with Crippen molar-refractivity contribution < 1.29 is 8.42 Å². The fourth-order valence-electron chi connectivity index (χ4n) is 1.57. The number of sulfonamides is 1. The minimum absolute atomic E-state index is 0.0793. The molecule has 1 atom stereocenters. The quantitative estimate of drug-likeness (QED) is 0.508. The molecule has 0 spiro atoms. The van der Waals surface area contributed by atoms with Crippen molar-refractivity contribution in [3.05, 3.63) is 0 Å². The summed E-state index contributed by atoms with van der Waals surface area (Å²) < 4.78 is 25.4. The zero-order chi connectivity index (χ0) is 14.9. The van der Waals surface area contributed by atoms with Gasteiger partial charge >= 0.3 is 0 Å². The van der Waals surface area contributed by atoms with Gasteiger partial charge in [-0.15, -0.1) is 0 Å². The van der Waals surface area contributed by atoms with E-state index in [2.05, 4.69) is 29.5 Å². The van der Waals surface area contributed by atoms with Crippen LogP contribution in [0.2, 0.25) is 0 Å². The van der Waals surface area contributed by atoms with Gasteiger partial charge in [-0.3, -0.25) is 4.99 Å². The van der Waals surface area contributed by atoms with Crippen molar-refractivity contribution in [2.45, 2.75) is 40.2 Å². The third-order valence-electron chi connectivity index (χ3n) is 2.97. The maximum absolute atomic E-state index is 12.0. The average Bonchev–Trinajstić information content (AvgIpc) is 2.38. The molecule has 0 bridgehead atoms. The fourth-order valence-corrected chi connectivity index (χ4v) is 2.98. The molecule has 6 nitrogen and oxygen atoms in total. The number of rotatable bonds is 8. The minimum atomic E-state index is -3.17. The highest BCUT2D eigenvalue weighted by atomic mass is 32.2. The van der Waals surface area contributed by atoms with Crippen LogP contribution in [-0.2, 0) is 10.0 Å². The van der Waals surface area contributed by atoms with Crippen LogP contribution >= 0.6 is 0 Å². The molecule has 0 amide bonds. The highest BCUT2D eigenvalue weighted by Crippen LogP contribution is 1.99. The van der Waals surface area contributed by atoms with Crippen molar-refractivity contribution in [3.63, 3.8) is 0 Å². The summed E-state index contributed by atoms with van der Waals surface area (Å²) in [6.45, 7) is 9.21. The first-order valence-corrected chi connectivity index (χ1v) is 8.47. The second-order valence-electron chi connectivity index (χ2n) is 4.35. The lowest BCUT2D eigenvalue weighted by atomic mass is 10.3. The number of hydrogen-bond acceptors (Lipinski definition) is 3. The van der Waals surface area contributed by atoms with Crippen LogP contribution in [0, 0.1) is 0 Å². The van der Waals surface area contributed by atoms with Gasteiger partial charge in [0.2, 0.25) is 10.0 Å². The van der Waals surface area contributed by atoms with Crippen LogP contribution in [0.1, 0.15) is 34.1 Å². The van der Waals surface area contributed by atoms with Crippen molar-refractivity contribution in [2.75, 3.05) is 32.4 Å². The molecule has 19 heavy (non-hydrogen) atoms. The molecule has 2 N–H and O–H groups in total. The minimum Gasteiger partial charge on any atom is -0.355 e. The van der Waals surface area contributed by atoms with Crippen LogP contribution in [0.5, 0.6) is 0 Å². The maximum Gasteiger partial charge on any atom is 0.215 e. The third kappa shape index (κ3) is 6.77. The van der Waals surface area contributed by atoms with Gasteiger partial charge in [0.25, 0.3) is 0 Å². The number of nitrogens with one attached hydrogen (secondary N) is 2. The smallest absolute Gasteiger partial charge is 0.215 e. The van der Waals surface area contributed by atoms with E-state index in [0.29, 0.717) is 31.6 Å². The lowest BCUT2D eigenvalue weighted by molar-refractivity contribution is 0.445. The summed E-state index contributed by atoms with van der Waals surface area (Å²) >= 11 is 0. The Kier molecular flexibility index (Phi) is 8.75. The van der Waals surface area contributed by atoms with Crippen molar-refractivity contribution in [3.8, 4) is 0 Å². The van der Waals surface area contributed by atoms with E-state index in [-0.39, 0.29) is 5.75 Å². The van der Waals surface area contributed by atoms with E-state index >= 15 is 0 Å². The Balaban J connectivity index is 4.27. The molecule has 0 aromatic rings. The van der Waals surface area contributed by atoms with Crippen LogP contribution in [0.25, 0.3) is 0 Å². The molecule has 0 radical (unpaired) electrons. The molecule has 0 saturated heterocycles. The highest BCUT2D eigenvalue weighted by molar-refractivity contribution is 7.89. The Bertz CT molecular complexity index is 364. The largest absolute Gasteiger partial charge is 0.355 e. The predicted molar refractivity (Wildman–Crippen MR) is 81.0 cm³/mol. The summed E-state index contributed by atoms with van der Waals surface area (Å²) in [5, 5.41) is 6.22. The first-order chi connectivity index (χ1) is 8.91. The molecule has 114 valence electrons. The Hall–Kier alpha value is -0.820. The molecular weight excluding hydrogens is 264 g/mol. The van der Waals surface area contributed by atoms with Gasteiger partial charge in [-0.1, -0.05) is 20.8 Å². The molecule has 0 aliphatic heterocycles. The van der Waals surface area contributed by atoms with Gasteiger partial charge in [0.15, 0.2) is 5.96 Å². The monoisotopic (exact) mass is 292 g/mol. The predicted octanol–water partition coefficient (Wildman–Crippen LogP) is 0.622. The molecule has 0 rings (SSSR count). The Morgan fingerprint density at radius 2 is 1.84 bits per heavy atom. The summed E-state index contributed by atoms with van der Waals surface area (Å²) in [4.78, 5) is 4.07. The van der Waals surface area contributed by atoms with Crippen LogP contribution in [0.3, 0.4) is 0 Å². The van der Waals surface area contributed by atoms with Crippen molar-refractivity contribution in [1.82, 2.24) is 14.9 Å². The summed E-state index contributed by atoms with van der Waals surface area (Å²) in [5.41, 5.74) is 0. The molecule has 0 aliphatic carbocycles. The van der Waals surface area contributed by atoms with E-state index in [1.807, 2.05) is 13.8 Å². The molecular formula is C12H28N4O2S. The molecule has 7 heteroatoms. The van der Waals surface area contributed by atoms with Gasteiger partial charge in [-0.2, -0.15) is 0 Å². The Morgan fingerprint density at radius 1 is 1.26 bits per heavy atom. The molecule has 0 aliphatic rings. The van der Waals surface area contributed by atoms with E-state index in [1.54, 1.807) is 7.05 Å². The lowest BCUT2D eigenvalue weighted by Gasteiger charge is -2.20. The van der Waals surface area contributed by atoms with Gasteiger partial charge in [0.05, 0.1) is 5.75 Å². The van der Waals surface area contributed by atoms with E-state index in [1.165, 1.54) is 4.31 Å². The van der Waals surface area contributed by atoms with E-state index in [0.717, 1.165) is 6.42 Å². The summed E-state index contributed by atoms with van der Waals surface area (Å²) in [7, 11) is -1.50. The maximum atomic E-state index is 12.0. The van der Waals surface area contributed by atoms with Gasteiger partial charge in [-0.05, 0) is 13.3 Å². The lowest BCUT2D eigenvalue weighted by Crippen LogP contribution is -2.44. The van der Waals surface area contributed by atoms with Crippen molar-refractivity contribution >= 4 is 16.0 Å². The zero-order valence-electron chi connectivity index (χ0n) is 12.7. The van der Waals surface area contributed by atoms with Gasteiger partial charge in [-0.25, -0.2) is 12.7 Å². The van der Waals surface area contributed by atoms with Crippen LogP contribution in [-0.4, -0.2) is 57.2 Å². The summed E-state index contributed by atoms with van der Waals surface area (Å²) in [6, 6.07) is 0.311. The second kappa shape index (κ2) is 9.14. The number of aliphatic imine (C=N–C) groups is 1. The first kappa shape index (κ1) is 18.2. The molecule has 0 aromatic carbocycles. The van der Waals surface area contributed by atoms with E-state index in [4.69, 9.17) is 0 Å². The highest BCUT2D eigenvalue weighted by Gasteiger charge is 2.18. The van der Waals surface area contributed by atoms with Crippen molar-refractivity contribution in [2.24, 2.45) is 4.99 Å². The van der Waals surface area contributed by atoms with Gasteiger partial charge in [0.1, 0.15) is 0 Å². The molecule has 1 unspecified atom stereocenters. The standard InChI is InChI=1S/C12H28N4O2S/c1-6-11(4)15-12(13-5)14-9-10-19(17,18)16(7-2)8-3/h11H,6-10H2,1-5H3,(H2,13,14,15).